The van der Waals surface area contributed by atoms with E-state index in [1.165, 1.54) is 29.5 Å². The Morgan fingerprint density at radius 1 is 1.19 bits per heavy atom. The lowest BCUT2D eigenvalue weighted by Gasteiger charge is -2.07. The minimum Gasteiger partial charge on any atom is -0.451 e. The fraction of sp³-hybridized carbons (Fsp3) is 0.0588. The summed E-state index contributed by atoms with van der Waals surface area (Å²) in [5.74, 6) is -1.13. The number of hydrogen-bond acceptors (Lipinski definition) is 6. The fourth-order valence-corrected chi connectivity index (χ4v) is 3.61. The van der Waals surface area contributed by atoms with Crippen LogP contribution in [0, 0.1) is 10.1 Å². The first-order chi connectivity index (χ1) is 12.4. The van der Waals surface area contributed by atoms with Crippen LogP contribution in [-0.2, 0) is 9.53 Å². The van der Waals surface area contributed by atoms with Crippen LogP contribution < -0.4 is 5.32 Å². The zero-order chi connectivity index (χ0) is 18.7. The third kappa shape index (κ3) is 4.06. The third-order valence-electron chi connectivity index (χ3n) is 3.40. The summed E-state index contributed by atoms with van der Waals surface area (Å²) in [6.07, 6.45) is 0. The largest absolute Gasteiger partial charge is 0.451 e. The second-order valence-corrected chi connectivity index (χ2v) is 7.13. The van der Waals surface area contributed by atoms with Gasteiger partial charge >= 0.3 is 5.97 Å². The summed E-state index contributed by atoms with van der Waals surface area (Å²) in [4.78, 5) is 34.6. The number of nitro benzene ring substituents is 1. The number of carbonyl (C=O) groups excluding carboxylic acids is 2. The van der Waals surface area contributed by atoms with Crippen LogP contribution in [0.2, 0.25) is 0 Å². The van der Waals surface area contributed by atoms with E-state index < -0.39 is 23.4 Å². The Balaban J connectivity index is 1.60. The first-order valence-electron chi connectivity index (χ1n) is 7.33. The average molecular weight is 435 g/mol. The molecule has 26 heavy (non-hydrogen) atoms. The molecule has 7 nitrogen and oxygen atoms in total. The van der Waals surface area contributed by atoms with Gasteiger partial charge in [-0.2, -0.15) is 0 Å². The van der Waals surface area contributed by atoms with E-state index in [9.17, 15) is 19.7 Å². The van der Waals surface area contributed by atoms with Crippen molar-refractivity contribution in [2.45, 2.75) is 0 Å². The van der Waals surface area contributed by atoms with Crippen LogP contribution >= 0.6 is 27.3 Å². The number of benzene rings is 2. The molecule has 0 unspecified atom stereocenters. The van der Waals surface area contributed by atoms with Crippen LogP contribution in [0.3, 0.4) is 0 Å². The standard InChI is InChI=1S/C17H11BrN2O5S/c18-12-8-11(20(23)24)5-6-13(12)19-16(21)9-25-17(22)15-7-10-3-1-2-4-14(10)26-15/h1-8H,9H2,(H,19,21). The Kier molecular flexibility index (Phi) is 5.29. The SMILES string of the molecule is O=C(COC(=O)c1cc2ccccc2s1)Nc1ccc([N+](=O)[O-])cc1Br. The number of halogens is 1. The second kappa shape index (κ2) is 7.63. The van der Waals surface area contributed by atoms with Gasteiger partial charge in [0.15, 0.2) is 6.61 Å². The van der Waals surface area contributed by atoms with E-state index in [1.54, 1.807) is 6.07 Å². The number of ether oxygens (including phenoxy) is 1. The van der Waals surface area contributed by atoms with E-state index in [-0.39, 0.29) is 5.69 Å². The molecule has 0 bridgehead atoms. The summed E-state index contributed by atoms with van der Waals surface area (Å²) in [5.41, 5.74) is 0.240. The van der Waals surface area contributed by atoms with Gasteiger partial charge in [0, 0.05) is 21.3 Å². The summed E-state index contributed by atoms with van der Waals surface area (Å²) in [6.45, 7) is -0.462. The third-order valence-corrected chi connectivity index (χ3v) is 5.15. The number of amides is 1. The van der Waals surface area contributed by atoms with E-state index >= 15 is 0 Å². The number of thiophene rings is 1. The molecule has 0 aliphatic heterocycles. The van der Waals surface area contributed by atoms with Crippen LogP contribution in [0.4, 0.5) is 11.4 Å². The molecule has 0 radical (unpaired) electrons. The van der Waals surface area contributed by atoms with Gasteiger partial charge in [-0.25, -0.2) is 4.79 Å². The molecule has 2 aromatic carbocycles. The lowest BCUT2D eigenvalue weighted by Crippen LogP contribution is -2.20. The topological polar surface area (TPSA) is 98.5 Å². The van der Waals surface area contributed by atoms with Crippen molar-refractivity contribution in [3.63, 3.8) is 0 Å². The molecule has 0 spiro atoms. The van der Waals surface area contributed by atoms with Gasteiger partial charge in [0.25, 0.3) is 11.6 Å². The summed E-state index contributed by atoms with van der Waals surface area (Å²) in [6, 6.07) is 13.2. The maximum absolute atomic E-state index is 12.1. The molecule has 9 heteroatoms. The first kappa shape index (κ1) is 18.0. The molecule has 1 amide bonds. The highest BCUT2D eigenvalue weighted by Gasteiger charge is 2.15. The van der Waals surface area contributed by atoms with Crippen molar-refractivity contribution in [1.29, 1.82) is 0 Å². The number of nitrogens with zero attached hydrogens (tertiary/aromatic N) is 1. The van der Waals surface area contributed by atoms with Gasteiger partial charge in [0.05, 0.1) is 10.6 Å². The maximum atomic E-state index is 12.1. The highest BCUT2D eigenvalue weighted by molar-refractivity contribution is 9.10. The van der Waals surface area contributed by atoms with Crippen molar-refractivity contribution < 1.29 is 19.2 Å². The number of nitro groups is 1. The zero-order valence-electron chi connectivity index (χ0n) is 13.1. The smallest absolute Gasteiger partial charge is 0.348 e. The number of fused-ring (bicyclic) bond motifs is 1. The molecule has 1 aromatic heterocycles. The number of carbonyl (C=O) groups is 2. The van der Waals surface area contributed by atoms with Gasteiger partial charge < -0.3 is 10.1 Å². The molecule has 1 heterocycles. The highest BCUT2D eigenvalue weighted by atomic mass is 79.9. The second-order valence-electron chi connectivity index (χ2n) is 5.19. The van der Waals surface area contributed by atoms with Crippen molar-refractivity contribution >= 4 is 60.6 Å². The Labute approximate surface area is 159 Å². The van der Waals surface area contributed by atoms with Crippen LogP contribution in [0.25, 0.3) is 10.1 Å². The summed E-state index contributed by atoms with van der Waals surface area (Å²) in [5, 5.41) is 14.2. The van der Waals surface area contributed by atoms with Crippen LogP contribution in [-0.4, -0.2) is 23.4 Å². The molecule has 3 rings (SSSR count). The Hall–Kier alpha value is -2.78. The van der Waals surface area contributed by atoms with Crippen molar-refractivity contribution in [1.82, 2.24) is 0 Å². The molecule has 0 saturated heterocycles. The van der Waals surface area contributed by atoms with E-state index in [0.717, 1.165) is 10.1 Å². The molecule has 0 atom stereocenters. The normalized spacial score (nSPS) is 10.5. The molecule has 0 fully saturated rings. The molecule has 1 N–H and O–H groups in total. The van der Waals surface area contributed by atoms with Crippen LogP contribution in [0.5, 0.6) is 0 Å². The molecular formula is C17H11BrN2O5S. The number of non-ortho nitro benzene ring substituents is 1. The number of esters is 1. The monoisotopic (exact) mass is 434 g/mol. The first-order valence-corrected chi connectivity index (χ1v) is 8.94. The van der Waals surface area contributed by atoms with Gasteiger partial charge in [-0.3, -0.25) is 14.9 Å². The maximum Gasteiger partial charge on any atom is 0.348 e. The van der Waals surface area contributed by atoms with Gasteiger partial charge in [-0.15, -0.1) is 11.3 Å². The van der Waals surface area contributed by atoms with Crippen molar-refractivity contribution in [3.8, 4) is 0 Å². The average Bonchev–Trinajstić information content (AvgIpc) is 3.05. The van der Waals surface area contributed by atoms with Crippen molar-refractivity contribution in [2.75, 3.05) is 11.9 Å². The van der Waals surface area contributed by atoms with E-state index in [4.69, 9.17) is 4.74 Å². The minimum absolute atomic E-state index is 0.105. The van der Waals surface area contributed by atoms with Gasteiger partial charge in [0.1, 0.15) is 4.88 Å². The van der Waals surface area contributed by atoms with Crippen molar-refractivity contribution in [3.05, 3.63) is 68.0 Å². The fourth-order valence-electron chi connectivity index (χ4n) is 2.19. The molecular weight excluding hydrogens is 424 g/mol. The Morgan fingerprint density at radius 2 is 1.96 bits per heavy atom. The molecule has 132 valence electrons. The van der Waals surface area contributed by atoms with E-state index in [1.807, 2.05) is 24.3 Å². The number of rotatable bonds is 5. The number of anilines is 1. The molecule has 0 aliphatic carbocycles. The van der Waals surface area contributed by atoms with Gasteiger partial charge in [-0.1, -0.05) is 18.2 Å². The Morgan fingerprint density at radius 3 is 2.65 bits per heavy atom. The van der Waals surface area contributed by atoms with Gasteiger partial charge in [-0.05, 0) is 39.5 Å². The summed E-state index contributed by atoms with van der Waals surface area (Å²) in [7, 11) is 0. The van der Waals surface area contributed by atoms with E-state index in [0.29, 0.717) is 15.0 Å². The van der Waals surface area contributed by atoms with E-state index in [2.05, 4.69) is 21.2 Å². The number of nitrogens with one attached hydrogen (secondary N) is 1. The lowest BCUT2D eigenvalue weighted by molar-refractivity contribution is -0.384. The summed E-state index contributed by atoms with van der Waals surface area (Å²) < 4.78 is 6.34. The molecule has 0 saturated carbocycles. The zero-order valence-corrected chi connectivity index (χ0v) is 15.5. The molecule has 0 aliphatic rings. The predicted octanol–water partition coefficient (Wildman–Crippen LogP) is 4.37. The van der Waals surface area contributed by atoms with Gasteiger partial charge in [0.2, 0.25) is 0 Å². The number of hydrogen-bond donors (Lipinski definition) is 1. The quantitative estimate of drug-likeness (QED) is 0.365. The highest BCUT2D eigenvalue weighted by Crippen LogP contribution is 2.27. The minimum atomic E-state index is -0.580. The van der Waals surface area contributed by atoms with Crippen LogP contribution in [0.15, 0.2) is 53.0 Å². The Bertz CT molecular complexity index is 984. The predicted molar refractivity (Wildman–Crippen MR) is 102 cm³/mol. The van der Waals surface area contributed by atoms with Crippen molar-refractivity contribution in [2.24, 2.45) is 0 Å². The lowest BCUT2D eigenvalue weighted by atomic mass is 10.2. The molecule has 3 aromatic rings. The van der Waals surface area contributed by atoms with Crippen LogP contribution in [0.1, 0.15) is 9.67 Å². The summed E-state index contributed by atoms with van der Waals surface area (Å²) >= 11 is 4.45.